The summed E-state index contributed by atoms with van der Waals surface area (Å²) in [6, 6.07) is 8.27. The van der Waals surface area contributed by atoms with Crippen LogP contribution >= 0.6 is 0 Å². The number of benzene rings is 1. The lowest BCUT2D eigenvalue weighted by molar-refractivity contribution is -0.138. The zero-order valence-corrected chi connectivity index (χ0v) is 12.5. The normalized spacial score (nSPS) is 31.4. The van der Waals surface area contributed by atoms with Gasteiger partial charge in [-0.15, -0.1) is 0 Å². The summed E-state index contributed by atoms with van der Waals surface area (Å²) in [5.74, 6) is -0.508. The van der Waals surface area contributed by atoms with Gasteiger partial charge in [-0.25, -0.2) is 13.1 Å². The standard InChI is InChI=1S/C15H19NO4S/c17-14(18)9-12-8-11-6-7-15(12,10-11)16-21(19,20)13-4-2-1-3-5-13/h1-5,11-12,16H,6-10H2,(H,17,18). The number of sulfonamides is 1. The maximum absolute atomic E-state index is 12.5. The Hall–Kier alpha value is -1.40. The van der Waals surface area contributed by atoms with Crippen molar-refractivity contribution >= 4 is 16.0 Å². The van der Waals surface area contributed by atoms with E-state index in [-0.39, 0.29) is 17.2 Å². The summed E-state index contributed by atoms with van der Waals surface area (Å²) in [5.41, 5.74) is -0.572. The maximum atomic E-state index is 12.5. The molecule has 0 aliphatic heterocycles. The van der Waals surface area contributed by atoms with Gasteiger partial charge in [0.15, 0.2) is 0 Å². The first kappa shape index (κ1) is 14.5. The number of hydrogen-bond donors (Lipinski definition) is 2. The molecule has 3 unspecified atom stereocenters. The fourth-order valence-electron chi connectivity index (χ4n) is 3.97. The second-order valence-electron chi connectivity index (χ2n) is 6.21. The van der Waals surface area contributed by atoms with Gasteiger partial charge in [-0.3, -0.25) is 4.79 Å². The molecule has 114 valence electrons. The fraction of sp³-hybridized carbons (Fsp3) is 0.533. The molecule has 3 atom stereocenters. The summed E-state index contributed by atoms with van der Waals surface area (Å²) in [6.07, 6.45) is 3.32. The van der Waals surface area contributed by atoms with Crippen LogP contribution in [0.5, 0.6) is 0 Å². The van der Waals surface area contributed by atoms with Crippen LogP contribution in [-0.2, 0) is 14.8 Å². The van der Waals surface area contributed by atoms with Crippen LogP contribution in [0, 0.1) is 11.8 Å². The van der Waals surface area contributed by atoms with Crippen LogP contribution in [0.2, 0.25) is 0 Å². The third kappa shape index (κ3) is 2.70. The zero-order chi connectivity index (χ0) is 15.1. The Balaban J connectivity index is 1.87. The third-order valence-electron chi connectivity index (χ3n) is 4.86. The Bertz CT molecular complexity index is 643. The van der Waals surface area contributed by atoms with Crippen molar-refractivity contribution in [3.8, 4) is 0 Å². The van der Waals surface area contributed by atoms with Crippen LogP contribution in [-0.4, -0.2) is 25.0 Å². The quantitative estimate of drug-likeness (QED) is 0.871. The molecular weight excluding hydrogens is 290 g/mol. The minimum absolute atomic E-state index is 0.0355. The molecule has 2 N–H and O–H groups in total. The predicted molar refractivity (Wildman–Crippen MR) is 77.2 cm³/mol. The number of carboxylic acid groups (broad SMARTS) is 1. The SMILES string of the molecule is O=C(O)CC1CC2CCC1(NS(=O)(=O)c1ccccc1)C2. The lowest BCUT2D eigenvalue weighted by atomic mass is 9.81. The highest BCUT2D eigenvalue weighted by Gasteiger charge is 2.54. The van der Waals surface area contributed by atoms with E-state index in [0.29, 0.717) is 5.92 Å². The Morgan fingerprint density at radius 3 is 2.67 bits per heavy atom. The van der Waals surface area contributed by atoms with Crippen molar-refractivity contribution in [2.75, 3.05) is 0 Å². The minimum Gasteiger partial charge on any atom is -0.481 e. The van der Waals surface area contributed by atoms with Crippen molar-refractivity contribution in [1.29, 1.82) is 0 Å². The molecule has 5 nitrogen and oxygen atoms in total. The minimum atomic E-state index is -3.60. The summed E-state index contributed by atoms with van der Waals surface area (Å²) in [5, 5.41) is 9.05. The first-order chi connectivity index (χ1) is 9.91. The van der Waals surface area contributed by atoms with E-state index in [2.05, 4.69) is 4.72 Å². The van der Waals surface area contributed by atoms with Crippen LogP contribution < -0.4 is 4.72 Å². The number of carbonyl (C=O) groups is 1. The Labute approximate surface area is 124 Å². The van der Waals surface area contributed by atoms with Crippen LogP contribution in [0.3, 0.4) is 0 Å². The predicted octanol–water partition coefficient (Wildman–Crippen LogP) is 2.00. The van der Waals surface area contributed by atoms with Gasteiger partial charge in [-0.1, -0.05) is 18.2 Å². The Morgan fingerprint density at radius 2 is 2.05 bits per heavy atom. The number of fused-ring (bicyclic) bond motifs is 2. The molecule has 0 saturated heterocycles. The second kappa shape index (κ2) is 5.10. The van der Waals surface area contributed by atoms with Crippen LogP contribution in [0.25, 0.3) is 0 Å². The molecule has 2 aliphatic carbocycles. The van der Waals surface area contributed by atoms with Gasteiger partial charge in [0.1, 0.15) is 0 Å². The highest BCUT2D eigenvalue weighted by Crippen LogP contribution is 2.53. The molecule has 2 saturated carbocycles. The van der Waals surface area contributed by atoms with Crippen molar-refractivity contribution < 1.29 is 18.3 Å². The van der Waals surface area contributed by atoms with Gasteiger partial charge in [0.05, 0.1) is 4.90 Å². The van der Waals surface area contributed by atoms with E-state index < -0.39 is 21.5 Å². The van der Waals surface area contributed by atoms with Gasteiger partial charge in [-0.05, 0) is 49.7 Å². The van der Waals surface area contributed by atoms with Gasteiger partial charge in [0.2, 0.25) is 10.0 Å². The molecule has 1 aromatic carbocycles. The molecule has 2 fully saturated rings. The molecule has 0 amide bonds. The van der Waals surface area contributed by atoms with E-state index in [1.54, 1.807) is 30.3 Å². The van der Waals surface area contributed by atoms with Crippen molar-refractivity contribution in [2.45, 2.75) is 42.5 Å². The van der Waals surface area contributed by atoms with Crippen molar-refractivity contribution in [3.63, 3.8) is 0 Å². The maximum Gasteiger partial charge on any atom is 0.303 e. The molecule has 2 aliphatic rings. The van der Waals surface area contributed by atoms with Crippen molar-refractivity contribution in [1.82, 2.24) is 4.72 Å². The molecule has 0 spiro atoms. The van der Waals surface area contributed by atoms with Gasteiger partial charge < -0.3 is 5.11 Å². The highest BCUT2D eigenvalue weighted by atomic mass is 32.2. The first-order valence-corrected chi connectivity index (χ1v) is 8.70. The highest BCUT2D eigenvalue weighted by molar-refractivity contribution is 7.89. The summed E-state index contributed by atoms with van der Waals surface area (Å²) in [4.78, 5) is 11.3. The number of carboxylic acids is 1. The van der Waals surface area contributed by atoms with Gasteiger partial charge >= 0.3 is 5.97 Å². The van der Waals surface area contributed by atoms with Crippen molar-refractivity contribution in [3.05, 3.63) is 30.3 Å². The van der Waals surface area contributed by atoms with Gasteiger partial charge in [-0.2, -0.15) is 0 Å². The third-order valence-corrected chi connectivity index (χ3v) is 6.43. The molecule has 21 heavy (non-hydrogen) atoms. The summed E-state index contributed by atoms with van der Waals surface area (Å²) in [7, 11) is -3.60. The number of nitrogens with one attached hydrogen (secondary N) is 1. The van der Waals surface area contributed by atoms with E-state index in [1.807, 2.05) is 0 Å². The van der Waals surface area contributed by atoms with E-state index in [4.69, 9.17) is 5.11 Å². The molecular formula is C15H19NO4S. The van der Waals surface area contributed by atoms with E-state index in [0.717, 1.165) is 25.7 Å². The average molecular weight is 309 g/mol. The van der Waals surface area contributed by atoms with Crippen molar-refractivity contribution in [2.24, 2.45) is 11.8 Å². The van der Waals surface area contributed by atoms with Gasteiger partial charge in [0.25, 0.3) is 0 Å². The molecule has 6 heteroatoms. The number of rotatable bonds is 5. The Kier molecular flexibility index (Phi) is 3.53. The Morgan fingerprint density at radius 1 is 1.33 bits per heavy atom. The molecule has 2 bridgehead atoms. The van der Waals surface area contributed by atoms with E-state index >= 15 is 0 Å². The fourth-order valence-corrected chi connectivity index (χ4v) is 5.49. The zero-order valence-electron chi connectivity index (χ0n) is 11.7. The molecule has 0 aromatic heterocycles. The van der Waals surface area contributed by atoms with Gasteiger partial charge in [0, 0.05) is 12.0 Å². The van der Waals surface area contributed by atoms with Crippen LogP contribution in [0.4, 0.5) is 0 Å². The monoisotopic (exact) mass is 309 g/mol. The summed E-state index contributed by atoms with van der Waals surface area (Å²) >= 11 is 0. The number of aliphatic carboxylic acids is 1. The van der Waals surface area contributed by atoms with Crippen LogP contribution in [0.15, 0.2) is 35.2 Å². The summed E-state index contributed by atoms with van der Waals surface area (Å²) < 4.78 is 27.9. The lowest BCUT2D eigenvalue weighted by Crippen LogP contribution is -2.50. The lowest BCUT2D eigenvalue weighted by Gasteiger charge is -2.35. The smallest absolute Gasteiger partial charge is 0.303 e. The largest absolute Gasteiger partial charge is 0.481 e. The van der Waals surface area contributed by atoms with E-state index in [9.17, 15) is 13.2 Å². The average Bonchev–Trinajstić information content (AvgIpc) is 2.95. The number of hydrogen-bond acceptors (Lipinski definition) is 3. The molecule has 3 rings (SSSR count). The topological polar surface area (TPSA) is 83.5 Å². The van der Waals surface area contributed by atoms with E-state index in [1.165, 1.54) is 0 Å². The van der Waals surface area contributed by atoms with Crippen LogP contribution in [0.1, 0.15) is 32.1 Å². The molecule has 0 heterocycles. The second-order valence-corrected chi connectivity index (χ2v) is 7.90. The first-order valence-electron chi connectivity index (χ1n) is 7.22. The molecule has 0 radical (unpaired) electrons. The summed E-state index contributed by atoms with van der Waals surface area (Å²) in [6.45, 7) is 0. The molecule has 1 aromatic rings.